The van der Waals surface area contributed by atoms with E-state index in [9.17, 15) is 9.59 Å². The molecule has 0 saturated carbocycles. The molecule has 4 rings (SSSR count). The van der Waals surface area contributed by atoms with Crippen molar-refractivity contribution in [3.05, 3.63) is 81.9 Å². The van der Waals surface area contributed by atoms with E-state index >= 15 is 0 Å². The molecule has 0 N–H and O–H groups in total. The second-order valence-corrected chi connectivity index (χ2v) is 10.2. The number of allylic oxidation sites excluding steroid dienone is 1. The summed E-state index contributed by atoms with van der Waals surface area (Å²) >= 11 is 11.1. The molecule has 0 bridgehead atoms. The van der Waals surface area contributed by atoms with Gasteiger partial charge < -0.3 is 18.9 Å². The van der Waals surface area contributed by atoms with Crippen molar-refractivity contribution in [1.82, 2.24) is 4.57 Å². The van der Waals surface area contributed by atoms with Crippen LogP contribution < -0.4 is 29.1 Å². The van der Waals surface area contributed by atoms with E-state index in [1.807, 2.05) is 12.1 Å². The molecule has 194 valence electrons. The summed E-state index contributed by atoms with van der Waals surface area (Å²) in [5.74, 6) is 0.944. The van der Waals surface area contributed by atoms with Gasteiger partial charge in [-0.2, -0.15) is 0 Å². The number of hydrogen-bond acceptors (Lipinski definition) is 8. The quantitative estimate of drug-likeness (QED) is 0.374. The molecule has 0 amide bonds. The second kappa shape index (κ2) is 11.1. The average Bonchev–Trinajstić information content (AvgIpc) is 3.16. The lowest BCUT2D eigenvalue weighted by atomic mass is 9.96. The van der Waals surface area contributed by atoms with Crippen molar-refractivity contribution in [2.75, 3.05) is 27.9 Å². The summed E-state index contributed by atoms with van der Waals surface area (Å²) < 4.78 is 24.0. The number of halogens is 2. The molecule has 1 aliphatic heterocycles. The predicted molar refractivity (Wildman–Crippen MR) is 146 cm³/mol. The molecule has 37 heavy (non-hydrogen) atoms. The molecule has 11 heteroatoms. The molecule has 0 spiro atoms. The van der Waals surface area contributed by atoms with E-state index in [2.05, 4.69) is 20.9 Å². The Morgan fingerprint density at radius 1 is 1.16 bits per heavy atom. The van der Waals surface area contributed by atoms with Gasteiger partial charge in [-0.25, -0.2) is 9.79 Å². The van der Waals surface area contributed by atoms with Gasteiger partial charge in [-0.3, -0.25) is 9.36 Å². The minimum atomic E-state index is -0.742. The van der Waals surface area contributed by atoms with Crippen molar-refractivity contribution < 1.29 is 23.7 Å². The van der Waals surface area contributed by atoms with E-state index in [-0.39, 0.29) is 12.2 Å². The van der Waals surface area contributed by atoms with Gasteiger partial charge in [-0.1, -0.05) is 29.0 Å². The highest BCUT2D eigenvalue weighted by Gasteiger charge is 2.33. The number of carbonyl (C=O) groups excluding carboxylic acids is 1. The Morgan fingerprint density at radius 3 is 2.51 bits per heavy atom. The first-order valence-electron chi connectivity index (χ1n) is 11.2. The van der Waals surface area contributed by atoms with E-state index in [0.29, 0.717) is 58.5 Å². The molecule has 0 unspecified atom stereocenters. The first-order chi connectivity index (χ1) is 17.7. The summed E-state index contributed by atoms with van der Waals surface area (Å²) in [7, 11) is 4.58. The molecule has 1 aromatic heterocycles. The first-order valence-corrected chi connectivity index (χ1v) is 13.2. The van der Waals surface area contributed by atoms with Gasteiger partial charge in [0.05, 0.1) is 59.3 Å². The third kappa shape index (κ3) is 5.05. The van der Waals surface area contributed by atoms with Gasteiger partial charge in [0, 0.05) is 0 Å². The summed E-state index contributed by atoms with van der Waals surface area (Å²) in [5, 5.41) is 0.349. The molecule has 8 nitrogen and oxygen atoms in total. The first kappa shape index (κ1) is 27.0. The topological polar surface area (TPSA) is 88.4 Å². The molecule has 0 radical (unpaired) electrons. The Kier molecular flexibility index (Phi) is 8.11. The van der Waals surface area contributed by atoms with Gasteiger partial charge in [-0.05, 0) is 71.2 Å². The highest BCUT2D eigenvalue weighted by molar-refractivity contribution is 9.10. The maximum Gasteiger partial charge on any atom is 0.338 e. The average molecular weight is 608 g/mol. The van der Waals surface area contributed by atoms with Gasteiger partial charge in [-0.15, -0.1) is 0 Å². The standard InChI is InChI=1S/C26H24BrClN2O6S/c1-6-36-25(32)21-13(2)29-26-30(22(21)15-7-8-18(33-3)16(27)12-15)24(31)20(37-26)11-14-9-17(28)23(35-5)19(10-14)34-4/h7-12,22H,6H2,1-5H3/b20-11+/t22-/m1/s1. The Hall–Kier alpha value is -3.08. The monoisotopic (exact) mass is 606 g/mol. The Labute approximate surface area is 230 Å². The maximum absolute atomic E-state index is 13.8. The lowest BCUT2D eigenvalue weighted by molar-refractivity contribution is -0.139. The lowest BCUT2D eigenvalue weighted by Crippen LogP contribution is -2.40. The van der Waals surface area contributed by atoms with Crippen molar-refractivity contribution in [2.24, 2.45) is 4.99 Å². The molecular weight excluding hydrogens is 584 g/mol. The van der Waals surface area contributed by atoms with Gasteiger partial charge in [0.2, 0.25) is 0 Å². The van der Waals surface area contributed by atoms with Crippen LogP contribution in [0.1, 0.15) is 31.0 Å². The van der Waals surface area contributed by atoms with E-state index in [1.165, 1.54) is 30.1 Å². The van der Waals surface area contributed by atoms with Crippen LogP contribution in [0.5, 0.6) is 17.2 Å². The van der Waals surface area contributed by atoms with Crippen LogP contribution in [-0.2, 0) is 9.53 Å². The molecule has 0 saturated heterocycles. The Bertz CT molecular complexity index is 1590. The molecule has 2 aromatic carbocycles. The van der Waals surface area contributed by atoms with Crippen LogP contribution >= 0.6 is 38.9 Å². The number of aromatic nitrogens is 1. The SMILES string of the molecule is CCOC(=O)C1=C(C)N=c2s/c(=C/c3cc(Cl)c(OC)c(OC)c3)c(=O)n2[C@@H]1c1ccc(OC)c(Br)c1. The molecule has 0 aliphatic carbocycles. The molecule has 3 aromatic rings. The van der Waals surface area contributed by atoms with Gasteiger partial charge in [0.15, 0.2) is 16.3 Å². The van der Waals surface area contributed by atoms with Crippen molar-refractivity contribution in [2.45, 2.75) is 19.9 Å². The summed E-state index contributed by atoms with van der Waals surface area (Å²) in [6.07, 6.45) is 1.71. The number of benzene rings is 2. The van der Waals surface area contributed by atoms with E-state index in [0.717, 1.165) is 0 Å². The normalized spacial score (nSPS) is 15.2. The van der Waals surface area contributed by atoms with E-state index < -0.39 is 12.0 Å². The van der Waals surface area contributed by atoms with Crippen molar-refractivity contribution in [3.8, 4) is 17.2 Å². The number of hydrogen-bond donors (Lipinski definition) is 0. The van der Waals surface area contributed by atoms with Gasteiger partial charge in [0.25, 0.3) is 5.56 Å². The molecule has 2 heterocycles. The van der Waals surface area contributed by atoms with Crippen LogP contribution in [0.15, 0.2) is 55.9 Å². The molecule has 1 atom stereocenters. The van der Waals surface area contributed by atoms with Crippen LogP contribution in [0.25, 0.3) is 6.08 Å². The maximum atomic E-state index is 13.8. The second-order valence-electron chi connectivity index (χ2n) is 7.93. The van der Waals surface area contributed by atoms with Gasteiger partial charge >= 0.3 is 5.97 Å². The minimum Gasteiger partial charge on any atom is -0.496 e. The number of fused-ring (bicyclic) bond motifs is 1. The fourth-order valence-corrected chi connectivity index (χ4v) is 6.03. The summed E-state index contributed by atoms with van der Waals surface area (Å²) in [6, 6.07) is 8.10. The predicted octanol–water partition coefficient (Wildman–Crippen LogP) is 4.24. The molecule has 0 fully saturated rings. The van der Waals surface area contributed by atoms with Crippen molar-refractivity contribution in [3.63, 3.8) is 0 Å². The van der Waals surface area contributed by atoms with Crippen LogP contribution in [0.3, 0.4) is 0 Å². The third-order valence-electron chi connectivity index (χ3n) is 5.76. The van der Waals surface area contributed by atoms with Crippen LogP contribution in [0, 0.1) is 0 Å². The smallest absolute Gasteiger partial charge is 0.338 e. The number of esters is 1. The van der Waals surface area contributed by atoms with Crippen LogP contribution in [0.4, 0.5) is 0 Å². The number of thiazole rings is 1. The Morgan fingerprint density at radius 2 is 1.89 bits per heavy atom. The fourth-order valence-electron chi connectivity index (χ4n) is 4.13. The lowest BCUT2D eigenvalue weighted by Gasteiger charge is -2.25. The minimum absolute atomic E-state index is 0.194. The summed E-state index contributed by atoms with van der Waals surface area (Å²) in [6.45, 7) is 3.67. The van der Waals surface area contributed by atoms with Gasteiger partial charge in [0.1, 0.15) is 5.75 Å². The number of methoxy groups -OCH3 is 3. The molecular formula is C26H24BrClN2O6S. The zero-order chi connectivity index (χ0) is 26.9. The number of rotatable bonds is 7. The highest BCUT2D eigenvalue weighted by Crippen LogP contribution is 2.37. The molecule has 1 aliphatic rings. The van der Waals surface area contributed by atoms with Crippen LogP contribution in [0.2, 0.25) is 5.02 Å². The summed E-state index contributed by atoms with van der Waals surface area (Å²) in [5.41, 5.74) is 1.83. The fraction of sp³-hybridized carbons (Fsp3) is 0.269. The van der Waals surface area contributed by atoms with Crippen molar-refractivity contribution >= 4 is 50.9 Å². The number of carbonyl (C=O) groups is 1. The zero-order valence-electron chi connectivity index (χ0n) is 20.8. The summed E-state index contributed by atoms with van der Waals surface area (Å²) in [4.78, 5) is 31.9. The number of ether oxygens (including phenoxy) is 4. The van der Waals surface area contributed by atoms with E-state index in [1.54, 1.807) is 45.2 Å². The third-order valence-corrected chi connectivity index (χ3v) is 7.65. The number of nitrogens with zero attached hydrogens (tertiary/aromatic N) is 2. The van der Waals surface area contributed by atoms with Crippen molar-refractivity contribution in [1.29, 1.82) is 0 Å². The highest BCUT2D eigenvalue weighted by atomic mass is 79.9. The Balaban J connectivity index is 1.96. The van der Waals surface area contributed by atoms with Crippen LogP contribution in [-0.4, -0.2) is 38.5 Å². The van der Waals surface area contributed by atoms with E-state index in [4.69, 9.17) is 30.5 Å². The largest absolute Gasteiger partial charge is 0.496 e. The zero-order valence-corrected chi connectivity index (χ0v) is 23.9.